The van der Waals surface area contributed by atoms with Gasteiger partial charge >= 0.3 is 6.03 Å². The summed E-state index contributed by atoms with van der Waals surface area (Å²) in [5, 5.41) is 2.34. The van der Waals surface area contributed by atoms with Gasteiger partial charge in [0.15, 0.2) is 0 Å². The highest BCUT2D eigenvalue weighted by Crippen LogP contribution is 2.28. The van der Waals surface area contributed by atoms with E-state index in [0.29, 0.717) is 12.8 Å². The number of carbonyl (C=O) groups is 2. The average Bonchev–Trinajstić information content (AvgIpc) is 3.19. The smallest absolute Gasteiger partial charge is 0.322 e. The van der Waals surface area contributed by atoms with Crippen molar-refractivity contribution in [1.29, 1.82) is 0 Å². The summed E-state index contributed by atoms with van der Waals surface area (Å²) in [6.45, 7) is -0.668. The molecule has 3 amide bonds. The zero-order valence-electron chi connectivity index (χ0n) is 11.0. The minimum atomic E-state index is -2.63. The van der Waals surface area contributed by atoms with Gasteiger partial charge in [-0.1, -0.05) is 0 Å². The van der Waals surface area contributed by atoms with Crippen molar-refractivity contribution < 1.29 is 22.8 Å². The molecule has 1 aromatic rings. The Morgan fingerprint density at radius 1 is 1.38 bits per heavy atom. The molecule has 1 aromatic carbocycles. The maximum Gasteiger partial charge on any atom is 0.322 e. The zero-order chi connectivity index (χ0) is 15.6. The van der Waals surface area contributed by atoms with E-state index in [2.05, 4.69) is 5.32 Å². The second kappa shape index (κ2) is 6.02. The minimum absolute atomic E-state index is 0.0717. The van der Waals surface area contributed by atoms with Crippen LogP contribution in [-0.4, -0.2) is 35.9 Å². The van der Waals surface area contributed by atoms with E-state index in [0.717, 1.165) is 17.0 Å². The molecule has 114 valence electrons. The van der Waals surface area contributed by atoms with Crippen LogP contribution in [0.1, 0.15) is 23.2 Å². The lowest BCUT2D eigenvalue weighted by molar-refractivity contribution is 0.0991. The van der Waals surface area contributed by atoms with Crippen LogP contribution in [0.4, 0.5) is 23.7 Å². The molecule has 1 fully saturated rings. The van der Waals surface area contributed by atoms with Crippen LogP contribution < -0.4 is 11.1 Å². The number of rotatable bonds is 5. The normalized spacial score (nSPS) is 14.1. The largest absolute Gasteiger partial charge is 0.366 e. The average molecular weight is 301 g/mol. The van der Waals surface area contributed by atoms with Crippen molar-refractivity contribution in [2.75, 3.05) is 11.9 Å². The summed E-state index contributed by atoms with van der Waals surface area (Å²) in [5.41, 5.74) is 4.72. The Hall–Kier alpha value is -2.25. The van der Waals surface area contributed by atoms with Crippen LogP contribution in [0.5, 0.6) is 0 Å². The van der Waals surface area contributed by atoms with Crippen LogP contribution in [0.15, 0.2) is 18.2 Å². The SMILES string of the molecule is NC(=O)c1ccc(NC(=O)N(CC(F)F)C2CC2)cc1F. The Labute approximate surface area is 118 Å². The second-order valence-electron chi connectivity index (χ2n) is 4.76. The van der Waals surface area contributed by atoms with Gasteiger partial charge in [0.1, 0.15) is 5.82 Å². The molecule has 5 nitrogen and oxygen atoms in total. The fraction of sp³-hybridized carbons (Fsp3) is 0.385. The number of nitrogens with one attached hydrogen (secondary N) is 1. The number of hydrogen-bond acceptors (Lipinski definition) is 2. The van der Waals surface area contributed by atoms with Gasteiger partial charge in [-0.05, 0) is 31.0 Å². The molecule has 0 aliphatic heterocycles. The first-order valence-electron chi connectivity index (χ1n) is 6.33. The molecule has 2 rings (SSSR count). The maximum atomic E-state index is 13.5. The Morgan fingerprint density at radius 3 is 2.52 bits per heavy atom. The molecule has 8 heteroatoms. The highest BCUT2D eigenvalue weighted by molar-refractivity contribution is 5.94. The lowest BCUT2D eigenvalue weighted by atomic mass is 10.2. The van der Waals surface area contributed by atoms with Gasteiger partial charge in [0.25, 0.3) is 12.3 Å². The van der Waals surface area contributed by atoms with E-state index in [4.69, 9.17) is 5.73 Å². The molecule has 1 saturated carbocycles. The molecule has 0 radical (unpaired) electrons. The summed E-state index contributed by atoms with van der Waals surface area (Å²) in [4.78, 5) is 23.8. The van der Waals surface area contributed by atoms with Gasteiger partial charge in [-0.15, -0.1) is 0 Å². The Bertz CT molecular complexity index is 562. The molecule has 0 heterocycles. The van der Waals surface area contributed by atoms with Crippen molar-refractivity contribution in [1.82, 2.24) is 4.90 Å². The first-order valence-corrected chi connectivity index (χ1v) is 6.33. The molecule has 0 bridgehead atoms. The van der Waals surface area contributed by atoms with Crippen molar-refractivity contribution in [3.8, 4) is 0 Å². The third-order valence-corrected chi connectivity index (χ3v) is 3.07. The molecule has 3 N–H and O–H groups in total. The van der Waals surface area contributed by atoms with E-state index < -0.39 is 30.7 Å². The number of nitrogens with two attached hydrogens (primary N) is 1. The Kier molecular flexibility index (Phi) is 4.35. The molecule has 0 aromatic heterocycles. The fourth-order valence-electron chi connectivity index (χ4n) is 1.92. The molecule has 0 saturated heterocycles. The summed E-state index contributed by atoms with van der Waals surface area (Å²) in [6, 6.07) is 2.42. The van der Waals surface area contributed by atoms with Gasteiger partial charge < -0.3 is 16.0 Å². The van der Waals surface area contributed by atoms with Crippen molar-refractivity contribution in [3.05, 3.63) is 29.6 Å². The number of anilines is 1. The summed E-state index contributed by atoms with van der Waals surface area (Å²) in [6.07, 6.45) is -1.28. The van der Waals surface area contributed by atoms with Crippen molar-refractivity contribution in [2.24, 2.45) is 5.73 Å². The number of nitrogens with zero attached hydrogens (tertiary/aromatic N) is 1. The van der Waals surface area contributed by atoms with E-state index in [9.17, 15) is 22.8 Å². The number of primary amides is 1. The number of urea groups is 1. The van der Waals surface area contributed by atoms with E-state index in [1.165, 1.54) is 6.07 Å². The van der Waals surface area contributed by atoms with Crippen LogP contribution in [-0.2, 0) is 0 Å². The number of benzene rings is 1. The fourth-order valence-corrected chi connectivity index (χ4v) is 1.92. The van der Waals surface area contributed by atoms with Crippen molar-refractivity contribution in [2.45, 2.75) is 25.3 Å². The predicted molar refractivity (Wildman–Crippen MR) is 69.7 cm³/mol. The number of amides is 3. The molecule has 1 aliphatic carbocycles. The summed E-state index contributed by atoms with van der Waals surface area (Å²) >= 11 is 0. The maximum absolute atomic E-state index is 13.5. The van der Waals surface area contributed by atoms with Gasteiger partial charge in [0.2, 0.25) is 0 Å². The van der Waals surface area contributed by atoms with Gasteiger partial charge in [0.05, 0.1) is 12.1 Å². The molecular weight excluding hydrogens is 287 g/mol. The monoisotopic (exact) mass is 301 g/mol. The van der Waals surface area contributed by atoms with Gasteiger partial charge in [-0.3, -0.25) is 4.79 Å². The van der Waals surface area contributed by atoms with Crippen LogP contribution in [0.25, 0.3) is 0 Å². The number of halogens is 3. The van der Waals surface area contributed by atoms with Crippen LogP contribution in [0, 0.1) is 5.82 Å². The quantitative estimate of drug-likeness (QED) is 0.874. The molecule has 21 heavy (non-hydrogen) atoms. The molecular formula is C13H14F3N3O2. The highest BCUT2D eigenvalue weighted by atomic mass is 19.3. The summed E-state index contributed by atoms with van der Waals surface area (Å²) in [7, 11) is 0. The molecule has 0 atom stereocenters. The number of alkyl halides is 2. The van der Waals surface area contributed by atoms with Crippen molar-refractivity contribution in [3.63, 3.8) is 0 Å². The van der Waals surface area contributed by atoms with Crippen LogP contribution in [0.2, 0.25) is 0 Å². The van der Waals surface area contributed by atoms with E-state index >= 15 is 0 Å². The van der Waals surface area contributed by atoms with Gasteiger partial charge in [0, 0.05) is 11.7 Å². The van der Waals surface area contributed by atoms with Crippen LogP contribution in [0.3, 0.4) is 0 Å². The minimum Gasteiger partial charge on any atom is -0.366 e. The third kappa shape index (κ3) is 3.87. The number of carbonyl (C=O) groups excluding carboxylic acids is 2. The van der Waals surface area contributed by atoms with Gasteiger partial charge in [-0.25, -0.2) is 18.0 Å². The zero-order valence-corrected chi connectivity index (χ0v) is 11.0. The van der Waals surface area contributed by atoms with Gasteiger partial charge in [-0.2, -0.15) is 0 Å². The summed E-state index contributed by atoms with van der Waals surface area (Å²) < 4.78 is 38.4. The van der Waals surface area contributed by atoms with E-state index in [1.807, 2.05) is 0 Å². The molecule has 0 unspecified atom stereocenters. The van der Waals surface area contributed by atoms with Crippen LogP contribution >= 0.6 is 0 Å². The topological polar surface area (TPSA) is 75.4 Å². The predicted octanol–water partition coefficient (Wildman–Crippen LogP) is 2.19. The Morgan fingerprint density at radius 2 is 2.05 bits per heavy atom. The molecule has 0 spiro atoms. The Balaban J connectivity index is 2.07. The second-order valence-corrected chi connectivity index (χ2v) is 4.76. The van der Waals surface area contributed by atoms with Crippen molar-refractivity contribution >= 4 is 17.6 Å². The highest BCUT2D eigenvalue weighted by Gasteiger charge is 2.34. The first-order chi connectivity index (χ1) is 9.88. The first kappa shape index (κ1) is 15.1. The van der Waals surface area contributed by atoms with E-state index in [1.54, 1.807) is 0 Å². The summed E-state index contributed by atoms with van der Waals surface area (Å²) in [5.74, 6) is -1.81. The lowest BCUT2D eigenvalue weighted by Gasteiger charge is -2.22. The lowest BCUT2D eigenvalue weighted by Crippen LogP contribution is -2.40. The third-order valence-electron chi connectivity index (χ3n) is 3.07. The molecule has 1 aliphatic rings. The number of hydrogen-bond donors (Lipinski definition) is 2. The standard InChI is InChI=1S/C13H14F3N3O2/c14-10-5-7(1-4-9(10)12(17)20)18-13(21)19(6-11(15)16)8-2-3-8/h1,4-5,8,11H,2-3,6H2,(H2,17,20)(H,18,21). The van der Waals surface area contributed by atoms with E-state index in [-0.39, 0.29) is 17.3 Å².